The van der Waals surface area contributed by atoms with Crippen LogP contribution in [0.4, 0.5) is 0 Å². The van der Waals surface area contributed by atoms with Crippen LogP contribution in [0.3, 0.4) is 0 Å². The topological polar surface area (TPSA) is 173 Å². The summed E-state index contributed by atoms with van der Waals surface area (Å²) in [4.78, 5) is 22.6. The van der Waals surface area contributed by atoms with Crippen LogP contribution in [0.15, 0.2) is 24.3 Å². The van der Waals surface area contributed by atoms with E-state index in [0.29, 0.717) is 37.6 Å². The van der Waals surface area contributed by atoms with Gasteiger partial charge in [-0.3, -0.25) is 0 Å². The van der Waals surface area contributed by atoms with Gasteiger partial charge in [-0.05, 0) is 194 Å². The Bertz CT molecular complexity index is 1200. The molecule has 0 aliphatic rings. The number of rotatable bonds is 72. The van der Waals surface area contributed by atoms with Gasteiger partial charge >= 0.3 is 11.9 Å². The molecule has 0 aliphatic carbocycles. The molecule has 0 unspecified atom stereocenters. The summed E-state index contributed by atoms with van der Waals surface area (Å²) < 4.78 is 84.8. The van der Waals surface area contributed by atoms with Crippen LogP contribution < -0.4 is 0 Å². The lowest BCUT2D eigenvalue weighted by Gasteiger charge is -2.08. The lowest BCUT2D eigenvalue weighted by atomic mass is 10.3. The summed E-state index contributed by atoms with van der Waals surface area (Å²) in [5.74, 6) is -0.649. The van der Waals surface area contributed by atoms with E-state index in [9.17, 15) is 9.59 Å². The van der Waals surface area contributed by atoms with Crippen LogP contribution in [-0.4, -0.2) is 197 Å². The van der Waals surface area contributed by atoms with E-state index >= 15 is 0 Å². The normalized spacial score (nSPS) is 11.5. The third-order valence-corrected chi connectivity index (χ3v) is 12.5. The SMILES string of the molecule is C=C(C)C(=O)OCCCCOCCCCOCCCCOCCCCOCCCCOCCCCOCCCCOCCCCOCCCCOCCCCOCCCCOCCCCOCCCCOCCCCOC(=O)C(=C)C. The zero-order valence-electron chi connectivity index (χ0n) is 52.0. The number of carbonyl (C=O) groups excluding carboxylic acids is 2. The van der Waals surface area contributed by atoms with Crippen LogP contribution in [0.5, 0.6) is 0 Å². The Kier molecular flexibility index (Phi) is 68.6. The monoisotopic (exact) mass is 1160 g/mol. The van der Waals surface area contributed by atoms with Gasteiger partial charge in [0.2, 0.25) is 0 Å². The Morgan fingerprint density at radius 2 is 0.272 bits per heavy atom. The van der Waals surface area contributed by atoms with Gasteiger partial charge in [0.05, 0.1) is 13.2 Å². The third-order valence-electron chi connectivity index (χ3n) is 12.5. The molecule has 0 heterocycles. The van der Waals surface area contributed by atoms with Crippen molar-refractivity contribution in [2.75, 3.05) is 185 Å². The predicted molar refractivity (Wildman–Crippen MR) is 321 cm³/mol. The van der Waals surface area contributed by atoms with Crippen LogP contribution in [0, 0.1) is 0 Å². The first kappa shape index (κ1) is 78.9. The van der Waals surface area contributed by atoms with Crippen LogP contribution in [0.2, 0.25) is 0 Å². The van der Waals surface area contributed by atoms with Crippen LogP contribution >= 0.6 is 0 Å². The summed E-state index contributed by atoms with van der Waals surface area (Å²) in [7, 11) is 0. The minimum absolute atomic E-state index is 0.325. The summed E-state index contributed by atoms with van der Waals surface area (Å²) >= 11 is 0. The maximum atomic E-state index is 11.3. The second-order valence-electron chi connectivity index (χ2n) is 20.7. The highest BCUT2D eigenvalue weighted by atomic mass is 16.5. The van der Waals surface area contributed by atoms with E-state index in [1.54, 1.807) is 13.8 Å². The molecule has 0 aliphatic heterocycles. The minimum Gasteiger partial charge on any atom is -0.462 e. The summed E-state index contributed by atoms with van der Waals surface area (Å²) in [5.41, 5.74) is 0.868. The largest absolute Gasteiger partial charge is 0.462 e. The van der Waals surface area contributed by atoms with Crippen LogP contribution in [0.1, 0.15) is 194 Å². The molecule has 480 valence electrons. The molecular formula is C64H122O17. The lowest BCUT2D eigenvalue weighted by Crippen LogP contribution is -2.07. The number of carbonyl (C=O) groups is 2. The average Bonchev–Trinajstić information content (AvgIpc) is 3.46. The van der Waals surface area contributed by atoms with Gasteiger partial charge in [0.1, 0.15) is 0 Å². The molecule has 0 saturated carbocycles. The summed E-state index contributed by atoms with van der Waals surface area (Å²) in [6, 6.07) is 0. The van der Waals surface area contributed by atoms with Gasteiger partial charge in [-0.1, -0.05) is 13.2 Å². The molecule has 0 radical (unpaired) electrons. The molecule has 17 heteroatoms. The van der Waals surface area contributed by atoms with Crippen LogP contribution in [0.25, 0.3) is 0 Å². The predicted octanol–water partition coefficient (Wildman–Crippen LogP) is 12.4. The molecule has 0 saturated heterocycles. The fourth-order valence-corrected chi connectivity index (χ4v) is 7.41. The van der Waals surface area contributed by atoms with Gasteiger partial charge in [0.15, 0.2) is 0 Å². The van der Waals surface area contributed by atoms with Crippen LogP contribution in [-0.2, 0) is 80.6 Å². The molecule has 0 aromatic rings. The van der Waals surface area contributed by atoms with E-state index in [0.717, 1.165) is 338 Å². The van der Waals surface area contributed by atoms with Crippen molar-refractivity contribution in [3.05, 3.63) is 24.3 Å². The zero-order chi connectivity index (χ0) is 58.5. The van der Waals surface area contributed by atoms with Crippen molar-refractivity contribution in [1.82, 2.24) is 0 Å². The highest BCUT2D eigenvalue weighted by Gasteiger charge is 2.05. The maximum Gasteiger partial charge on any atom is 0.333 e. The number of unbranched alkanes of at least 4 members (excludes halogenated alkanes) is 14. The van der Waals surface area contributed by atoms with Crippen molar-refractivity contribution in [2.24, 2.45) is 0 Å². The smallest absolute Gasteiger partial charge is 0.333 e. The molecule has 0 aromatic carbocycles. The summed E-state index contributed by atoms with van der Waals surface area (Å²) in [6.07, 6.45) is 28.0. The van der Waals surface area contributed by atoms with E-state index in [1.807, 2.05) is 0 Å². The zero-order valence-corrected chi connectivity index (χ0v) is 52.0. The molecule has 0 spiro atoms. The first-order valence-electron chi connectivity index (χ1n) is 32.1. The molecule has 17 nitrogen and oxygen atoms in total. The van der Waals surface area contributed by atoms with Crippen molar-refractivity contribution in [2.45, 2.75) is 194 Å². The van der Waals surface area contributed by atoms with Gasteiger partial charge in [-0.25, -0.2) is 9.59 Å². The van der Waals surface area contributed by atoms with Gasteiger partial charge in [0, 0.05) is 183 Å². The number of hydrogen-bond acceptors (Lipinski definition) is 17. The molecule has 0 fully saturated rings. The highest BCUT2D eigenvalue weighted by Crippen LogP contribution is 2.05. The molecule has 0 rings (SSSR count). The third kappa shape index (κ3) is 70.3. The van der Waals surface area contributed by atoms with Crippen molar-refractivity contribution in [1.29, 1.82) is 0 Å². The van der Waals surface area contributed by atoms with Gasteiger partial charge < -0.3 is 71.1 Å². The molecule has 81 heavy (non-hydrogen) atoms. The van der Waals surface area contributed by atoms with Crippen molar-refractivity contribution in [3.8, 4) is 0 Å². The number of ether oxygens (including phenoxy) is 15. The Morgan fingerprint density at radius 1 is 0.185 bits per heavy atom. The fourth-order valence-electron chi connectivity index (χ4n) is 7.41. The molecule has 0 atom stereocenters. The van der Waals surface area contributed by atoms with E-state index in [4.69, 9.17) is 71.1 Å². The van der Waals surface area contributed by atoms with E-state index in [1.165, 1.54) is 0 Å². The van der Waals surface area contributed by atoms with E-state index in [-0.39, 0.29) is 11.9 Å². The molecule has 0 bridgehead atoms. The quantitative estimate of drug-likeness (QED) is 0.0319. The summed E-state index contributed by atoms with van der Waals surface area (Å²) in [5, 5.41) is 0. The van der Waals surface area contributed by atoms with Crippen molar-refractivity contribution >= 4 is 11.9 Å². The van der Waals surface area contributed by atoms with Crippen molar-refractivity contribution in [3.63, 3.8) is 0 Å². The Balaban J connectivity index is 3.10. The second kappa shape index (κ2) is 70.4. The average molecular weight is 1160 g/mol. The minimum atomic E-state index is -0.325. The van der Waals surface area contributed by atoms with Gasteiger partial charge in [-0.15, -0.1) is 0 Å². The molecule has 0 N–H and O–H groups in total. The van der Waals surface area contributed by atoms with E-state index < -0.39 is 0 Å². The standard InChI is InChI=1S/C64H122O17/c1-61(2)63(65)80-59-31-29-57-78-55-27-25-53-76-51-23-21-49-74-47-19-17-45-72-43-15-13-41-70-39-11-9-37-68-35-7-5-33-67-34-6-8-36-69-38-10-12-40-71-42-14-16-44-73-46-18-20-48-75-50-22-24-52-77-54-26-28-56-79-58-30-32-60-81-64(66)62(3)4/h1,3,5-60H2,2,4H3. The van der Waals surface area contributed by atoms with Crippen molar-refractivity contribution < 1.29 is 80.6 Å². The fraction of sp³-hybridized carbons (Fsp3) is 0.906. The lowest BCUT2D eigenvalue weighted by molar-refractivity contribution is -0.140. The maximum absolute atomic E-state index is 11.3. The number of hydrogen-bond donors (Lipinski definition) is 0. The Morgan fingerprint density at radius 3 is 0.358 bits per heavy atom. The first-order chi connectivity index (χ1) is 39.9. The Labute approximate surface area is 493 Å². The molecule has 0 aromatic heterocycles. The molecular weight excluding hydrogens is 1040 g/mol. The van der Waals surface area contributed by atoms with E-state index in [2.05, 4.69) is 13.2 Å². The second-order valence-corrected chi connectivity index (χ2v) is 20.7. The Hall–Kier alpha value is -2.10. The summed E-state index contributed by atoms with van der Waals surface area (Å²) in [6.45, 7) is 31.5. The first-order valence-corrected chi connectivity index (χ1v) is 32.1. The van der Waals surface area contributed by atoms with Gasteiger partial charge in [-0.2, -0.15) is 0 Å². The highest BCUT2D eigenvalue weighted by molar-refractivity contribution is 5.87. The molecule has 0 amide bonds. The van der Waals surface area contributed by atoms with Gasteiger partial charge in [0.25, 0.3) is 0 Å². The number of esters is 2.